The third-order valence-electron chi connectivity index (χ3n) is 3.86. The first-order valence-corrected chi connectivity index (χ1v) is 7.93. The maximum absolute atomic E-state index is 11.6. The summed E-state index contributed by atoms with van der Waals surface area (Å²) >= 11 is 1.70. The Bertz CT molecular complexity index is 391. The number of rotatable bonds is 5. The highest BCUT2D eigenvalue weighted by atomic mass is 32.1. The molecular weight excluding hydrogens is 258 g/mol. The van der Waals surface area contributed by atoms with E-state index in [-0.39, 0.29) is 12.0 Å². The molecule has 0 aromatic carbocycles. The Kier molecular flexibility index (Phi) is 5.40. The quantitative estimate of drug-likeness (QED) is 0.839. The smallest absolute Gasteiger partial charge is 0.307 e. The second kappa shape index (κ2) is 7.06. The molecule has 1 aromatic rings. The number of methoxy groups -OCH3 is 1. The second-order valence-electron chi connectivity index (χ2n) is 5.48. The summed E-state index contributed by atoms with van der Waals surface area (Å²) in [6.07, 6.45) is 5.46. The highest BCUT2D eigenvalue weighted by molar-refractivity contribution is 7.10. The topological polar surface area (TPSA) is 38.3 Å². The number of carbonyl (C=O) groups is 1. The van der Waals surface area contributed by atoms with E-state index < -0.39 is 0 Å². The molecule has 1 aliphatic rings. The number of hydrogen-bond acceptors (Lipinski definition) is 4. The minimum absolute atomic E-state index is 0.0998. The number of carbonyl (C=O) groups excluding carboxylic acids is 1. The standard InChI is InChI=1S/C15H23NO2S/c1-11-5-3-6-12(9-11)16-13(10-15(17)18-2)14-7-4-8-19-14/h4,7-8,11-13,16H,3,5-6,9-10H2,1-2H3. The molecule has 1 saturated carbocycles. The van der Waals surface area contributed by atoms with Gasteiger partial charge in [0.15, 0.2) is 0 Å². The summed E-state index contributed by atoms with van der Waals surface area (Å²) in [5, 5.41) is 5.72. The highest BCUT2D eigenvalue weighted by Gasteiger charge is 2.24. The minimum atomic E-state index is -0.144. The number of ether oxygens (including phenoxy) is 1. The lowest BCUT2D eigenvalue weighted by molar-refractivity contribution is -0.141. The van der Waals surface area contributed by atoms with E-state index in [0.29, 0.717) is 12.5 Å². The van der Waals surface area contributed by atoms with Crippen LogP contribution < -0.4 is 5.32 Å². The van der Waals surface area contributed by atoms with Gasteiger partial charge >= 0.3 is 5.97 Å². The third-order valence-corrected chi connectivity index (χ3v) is 4.84. The van der Waals surface area contributed by atoms with Crippen LogP contribution >= 0.6 is 11.3 Å². The van der Waals surface area contributed by atoms with Crippen molar-refractivity contribution in [3.05, 3.63) is 22.4 Å². The third kappa shape index (κ3) is 4.32. The molecule has 0 aliphatic heterocycles. The van der Waals surface area contributed by atoms with Crippen LogP contribution in [0.25, 0.3) is 0 Å². The predicted octanol–water partition coefficient (Wildman–Crippen LogP) is 3.52. The van der Waals surface area contributed by atoms with E-state index in [2.05, 4.69) is 23.7 Å². The molecule has 3 unspecified atom stereocenters. The minimum Gasteiger partial charge on any atom is -0.469 e. The SMILES string of the molecule is COC(=O)CC(NC1CCCC(C)C1)c1cccs1. The Morgan fingerprint density at radius 2 is 2.42 bits per heavy atom. The van der Waals surface area contributed by atoms with E-state index in [0.717, 1.165) is 5.92 Å². The van der Waals surface area contributed by atoms with Crippen LogP contribution in [-0.4, -0.2) is 19.1 Å². The van der Waals surface area contributed by atoms with Crippen molar-refractivity contribution < 1.29 is 9.53 Å². The largest absolute Gasteiger partial charge is 0.469 e. The van der Waals surface area contributed by atoms with Crippen molar-refractivity contribution in [2.24, 2.45) is 5.92 Å². The zero-order chi connectivity index (χ0) is 13.7. The Labute approximate surface area is 119 Å². The molecule has 0 bridgehead atoms. The van der Waals surface area contributed by atoms with Gasteiger partial charge in [0.2, 0.25) is 0 Å². The summed E-state index contributed by atoms with van der Waals surface area (Å²) in [6, 6.07) is 4.76. The van der Waals surface area contributed by atoms with Crippen LogP contribution in [0.2, 0.25) is 0 Å². The van der Waals surface area contributed by atoms with Gasteiger partial charge in [0.05, 0.1) is 19.6 Å². The molecule has 106 valence electrons. The van der Waals surface area contributed by atoms with Gasteiger partial charge in [-0.15, -0.1) is 11.3 Å². The fraction of sp³-hybridized carbons (Fsp3) is 0.667. The highest BCUT2D eigenvalue weighted by Crippen LogP contribution is 2.28. The van der Waals surface area contributed by atoms with E-state index >= 15 is 0 Å². The van der Waals surface area contributed by atoms with E-state index in [9.17, 15) is 4.79 Å². The van der Waals surface area contributed by atoms with E-state index in [1.807, 2.05) is 6.07 Å². The normalized spacial score (nSPS) is 24.9. The maximum Gasteiger partial charge on any atom is 0.307 e. The molecule has 19 heavy (non-hydrogen) atoms. The number of thiophene rings is 1. The average Bonchev–Trinajstić information content (AvgIpc) is 2.91. The summed E-state index contributed by atoms with van der Waals surface area (Å²) in [5.74, 6) is 0.642. The van der Waals surface area contributed by atoms with Gasteiger partial charge in [-0.2, -0.15) is 0 Å². The van der Waals surface area contributed by atoms with Crippen molar-refractivity contribution in [3.63, 3.8) is 0 Å². The molecule has 1 aromatic heterocycles. The number of hydrogen-bond donors (Lipinski definition) is 1. The van der Waals surface area contributed by atoms with Gasteiger partial charge in [-0.1, -0.05) is 25.8 Å². The monoisotopic (exact) mass is 281 g/mol. The number of nitrogens with one attached hydrogen (secondary N) is 1. The van der Waals surface area contributed by atoms with Gasteiger partial charge in [-0.3, -0.25) is 4.79 Å². The Morgan fingerprint density at radius 3 is 3.05 bits per heavy atom. The van der Waals surface area contributed by atoms with Crippen LogP contribution in [0.5, 0.6) is 0 Å². The molecule has 0 spiro atoms. The summed E-state index contributed by atoms with van der Waals surface area (Å²) in [7, 11) is 1.45. The molecule has 0 radical (unpaired) electrons. The van der Waals surface area contributed by atoms with Crippen LogP contribution in [0.1, 0.15) is 49.9 Å². The first kappa shape index (κ1) is 14.5. The molecule has 0 saturated heterocycles. The lowest BCUT2D eigenvalue weighted by Gasteiger charge is -2.30. The Hall–Kier alpha value is -0.870. The predicted molar refractivity (Wildman–Crippen MR) is 78.2 cm³/mol. The van der Waals surface area contributed by atoms with E-state index in [1.54, 1.807) is 11.3 Å². The van der Waals surface area contributed by atoms with Crippen molar-refractivity contribution in [1.82, 2.24) is 5.32 Å². The van der Waals surface area contributed by atoms with Gasteiger partial charge in [0.1, 0.15) is 0 Å². The van der Waals surface area contributed by atoms with Crippen LogP contribution in [0.3, 0.4) is 0 Å². The molecule has 0 amide bonds. The first-order valence-electron chi connectivity index (χ1n) is 7.05. The van der Waals surface area contributed by atoms with Gasteiger partial charge in [-0.25, -0.2) is 0 Å². The molecule has 1 fully saturated rings. The molecule has 1 aliphatic carbocycles. The van der Waals surface area contributed by atoms with Crippen LogP contribution in [0.4, 0.5) is 0 Å². The Balaban J connectivity index is 1.99. The van der Waals surface area contributed by atoms with Gasteiger partial charge in [0, 0.05) is 10.9 Å². The maximum atomic E-state index is 11.6. The summed E-state index contributed by atoms with van der Waals surface area (Å²) in [6.45, 7) is 2.31. The molecule has 3 nitrogen and oxygen atoms in total. The van der Waals surface area contributed by atoms with Crippen molar-refractivity contribution in [2.75, 3.05) is 7.11 Å². The van der Waals surface area contributed by atoms with E-state index in [1.165, 1.54) is 37.7 Å². The average molecular weight is 281 g/mol. The summed E-state index contributed by atoms with van der Waals surface area (Å²) in [5.41, 5.74) is 0. The van der Waals surface area contributed by atoms with Crippen LogP contribution in [0, 0.1) is 5.92 Å². The second-order valence-corrected chi connectivity index (χ2v) is 6.46. The zero-order valence-electron chi connectivity index (χ0n) is 11.7. The molecule has 3 atom stereocenters. The molecular formula is C15H23NO2S. The van der Waals surface area contributed by atoms with E-state index in [4.69, 9.17) is 4.74 Å². The lowest BCUT2D eigenvalue weighted by Crippen LogP contribution is -2.37. The van der Waals surface area contributed by atoms with Crippen molar-refractivity contribution in [3.8, 4) is 0 Å². The van der Waals surface area contributed by atoms with Gasteiger partial charge in [0.25, 0.3) is 0 Å². The Morgan fingerprint density at radius 1 is 1.58 bits per heavy atom. The van der Waals surface area contributed by atoms with Crippen molar-refractivity contribution in [2.45, 2.75) is 51.1 Å². The molecule has 2 rings (SSSR count). The van der Waals surface area contributed by atoms with Crippen molar-refractivity contribution in [1.29, 1.82) is 0 Å². The summed E-state index contributed by atoms with van der Waals surface area (Å²) < 4.78 is 4.81. The molecule has 4 heteroatoms. The zero-order valence-corrected chi connectivity index (χ0v) is 12.5. The fourth-order valence-corrected chi connectivity index (χ4v) is 3.64. The first-order chi connectivity index (χ1) is 9.19. The number of esters is 1. The van der Waals surface area contributed by atoms with Crippen LogP contribution in [0.15, 0.2) is 17.5 Å². The van der Waals surface area contributed by atoms with Gasteiger partial charge < -0.3 is 10.1 Å². The van der Waals surface area contributed by atoms with Gasteiger partial charge in [-0.05, 0) is 30.2 Å². The summed E-state index contributed by atoms with van der Waals surface area (Å²) in [4.78, 5) is 12.8. The van der Waals surface area contributed by atoms with Crippen LogP contribution in [-0.2, 0) is 9.53 Å². The molecule has 1 heterocycles. The lowest BCUT2D eigenvalue weighted by atomic mass is 9.86. The molecule has 1 N–H and O–H groups in total. The fourth-order valence-electron chi connectivity index (χ4n) is 2.85. The van der Waals surface area contributed by atoms with Crippen molar-refractivity contribution >= 4 is 17.3 Å².